The largest absolute Gasteiger partial charge is 0.316 e. The monoisotopic (exact) mass is 282 g/mol. The molecule has 0 spiro atoms. The Hall–Kier alpha value is -0.870. The minimum atomic E-state index is -0.512. The number of hydrogen-bond donors (Lipinski definition) is 1. The van der Waals surface area contributed by atoms with Gasteiger partial charge in [-0.25, -0.2) is 0 Å². The molecule has 2 N–H and O–H groups in total. The number of anilines is 1. The van der Waals surface area contributed by atoms with E-state index in [2.05, 4.69) is 22.9 Å². The van der Waals surface area contributed by atoms with Crippen molar-refractivity contribution in [2.75, 3.05) is 11.4 Å². The minimum absolute atomic E-state index is 0.00958. The van der Waals surface area contributed by atoms with Gasteiger partial charge in [0.15, 0.2) is 0 Å². The van der Waals surface area contributed by atoms with Crippen molar-refractivity contribution < 1.29 is 4.79 Å². The van der Waals surface area contributed by atoms with Crippen LogP contribution in [0.5, 0.6) is 0 Å². The normalized spacial score (nSPS) is 19.1. The van der Waals surface area contributed by atoms with Crippen molar-refractivity contribution in [3.05, 3.63) is 28.2 Å². The van der Waals surface area contributed by atoms with E-state index in [0.717, 1.165) is 35.1 Å². The number of amides is 1. The Morgan fingerprint density at radius 1 is 1.50 bits per heavy atom. The molecule has 1 aromatic carbocycles. The maximum atomic E-state index is 12.0. The van der Waals surface area contributed by atoms with Crippen molar-refractivity contribution in [3.8, 4) is 0 Å². The lowest BCUT2D eigenvalue weighted by atomic mass is 10.1. The standard InChI is InChI=1S/C12H15BrN2O/c1-2-3-7-15-9-6-4-5-8(13)10(9)11(14)12(15)16/h4-6,11H,2-3,7,14H2,1H3. The van der Waals surface area contributed by atoms with E-state index in [9.17, 15) is 4.79 Å². The molecule has 4 heteroatoms. The quantitative estimate of drug-likeness (QED) is 0.926. The number of nitrogens with two attached hydrogens (primary N) is 1. The summed E-state index contributed by atoms with van der Waals surface area (Å²) in [7, 11) is 0. The first kappa shape index (κ1) is 11.6. The first-order valence-electron chi connectivity index (χ1n) is 5.52. The van der Waals surface area contributed by atoms with Crippen LogP contribution in [-0.2, 0) is 4.79 Å². The summed E-state index contributed by atoms with van der Waals surface area (Å²) in [5.41, 5.74) is 7.81. The van der Waals surface area contributed by atoms with E-state index in [-0.39, 0.29) is 5.91 Å². The van der Waals surface area contributed by atoms with Crippen LogP contribution in [0, 0.1) is 0 Å². The van der Waals surface area contributed by atoms with Crippen LogP contribution in [0.1, 0.15) is 31.4 Å². The van der Waals surface area contributed by atoms with E-state index >= 15 is 0 Å². The summed E-state index contributed by atoms with van der Waals surface area (Å²) in [6, 6.07) is 5.31. The molecule has 0 aromatic heterocycles. The number of carbonyl (C=O) groups excluding carboxylic acids is 1. The average Bonchev–Trinajstić information content (AvgIpc) is 2.51. The number of nitrogens with zero attached hydrogens (tertiary/aromatic N) is 1. The Labute approximate surface area is 104 Å². The Kier molecular flexibility index (Phi) is 3.30. The maximum absolute atomic E-state index is 12.0. The second kappa shape index (κ2) is 4.55. The molecule has 1 aliphatic rings. The maximum Gasteiger partial charge on any atom is 0.248 e. The molecule has 1 unspecified atom stereocenters. The third kappa shape index (κ3) is 1.76. The number of unbranched alkanes of at least 4 members (excludes halogenated alkanes) is 1. The van der Waals surface area contributed by atoms with E-state index < -0.39 is 6.04 Å². The smallest absolute Gasteiger partial charge is 0.248 e. The van der Waals surface area contributed by atoms with Gasteiger partial charge in [0.2, 0.25) is 5.91 Å². The van der Waals surface area contributed by atoms with Crippen molar-refractivity contribution in [2.24, 2.45) is 5.73 Å². The summed E-state index contributed by atoms with van der Waals surface area (Å²) in [6.07, 6.45) is 2.08. The molecular formula is C12H15BrN2O. The van der Waals surface area contributed by atoms with E-state index in [1.54, 1.807) is 4.90 Å². The predicted molar refractivity (Wildman–Crippen MR) is 68.3 cm³/mol. The molecular weight excluding hydrogens is 268 g/mol. The molecule has 0 radical (unpaired) electrons. The lowest BCUT2D eigenvalue weighted by Crippen LogP contribution is -2.32. The Morgan fingerprint density at radius 3 is 2.94 bits per heavy atom. The van der Waals surface area contributed by atoms with Crippen LogP contribution in [0.25, 0.3) is 0 Å². The van der Waals surface area contributed by atoms with Gasteiger partial charge in [-0.3, -0.25) is 4.79 Å². The molecule has 1 atom stereocenters. The van der Waals surface area contributed by atoms with E-state index in [1.165, 1.54) is 0 Å². The zero-order valence-electron chi connectivity index (χ0n) is 9.24. The summed E-state index contributed by atoms with van der Waals surface area (Å²) in [4.78, 5) is 13.8. The molecule has 1 amide bonds. The van der Waals surface area contributed by atoms with Gasteiger partial charge in [0.1, 0.15) is 6.04 Å². The zero-order valence-corrected chi connectivity index (χ0v) is 10.8. The zero-order chi connectivity index (χ0) is 11.7. The number of rotatable bonds is 3. The highest BCUT2D eigenvalue weighted by molar-refractivity contribution is 9.10. The fourth-order valence-electron chi connectivity index (χ4n) is 2.03. The van der Waals surface area contributed by atoms with Gasteiger partial charge in [0, 0.05) is 16.6 Å². The lowest BCUT2D eigenvalue weighted by molar-refractivity contribution is -0.119. The molecule has 0 aliphatic carbocycles. The molecule has 0 saturated heterocycles. The summed E-state index contributed by atoms with van der Waals surface area (Å²) in [5.74, 6) is 0.00958. The van der Waals surface area contributed by atoms with Gasteiger partial charge in [-0.1, -0.05) is 35.3 Å². The molecule has 2 rings (SSSR count). The van der Waals surface area contributed by atoms with Gasteiger partial charge in [-0.2, -0.15) is 0 Å². The van der Waals surface area contributed by atoms with Crippen LogP contribution in [0.3, 0.4) is 0 Å². The summed E-state index contributed by atoms with van der Waals surface area (Å²) in [5, 5.41) is 0. The van der Waals surface area contributed by atoms with Gasteiger partial charge in [-0.15, -0.1) is 0 Å². The van der Waals surface area contributed by atoms with Crippen molar-refractivity contribution in [1.82, 2.24) is 0 Å². The third-order valence-electron chi connectivity index (χ3n) is 2.90. The number of halogens is 1. The van der Waals surface area contributed by atoms with Crippen LogP contribution in [0.2, 0.25) is 0 Å². The van der Waals surface area contributed by atoms with Gasteiger partial charge in [-0.05, 0) is 18.6 Å². The summed E-state index contributed by atoms with van der Waals surface area (Å²) in [6.45, 7) is 2.87. The Bertz CT molecular complexity index is 419. The molecule has 1 heterocycles. The van der Waals surface area contributed by atoms with Crippen molar-refractivity contribution in [2.45, 2.75) is 25.8 Å². The second-order valence-corrected chi connectivity index (χ2v) is 4.85. The highest BCUT2D eigenvalue weighted by Gasteiger charge is 2.35. The fourth-order valence-corrected chi connectivity index (χ4v) is 2.63. The summed E-state index contributed by atoms with van der Waals surface area (Å²) < 4.78 is 0.921. The van der Waals surface area contributed by atoms with Crippen molar-refractivity contribution in [1.29, 1.82) is 0 Å². The molecule has 0 saturated carbocycles. The Morgan fingerprint density at radius 2 is 2.25 bits per heavy atom. The van der Waals surface area contributed by atoms with E-state index in [0.29, 0.717) is 0 Å². The average molecular weight is 283 g/mol. The van der Waals surface area contributed by atoms with Crippen LogP contribution in [-0.4, -0.2) is 12.5 Å². The number of benzene rings is 1. The van der Waals surface area contributed by atoms with E-state index in [1.807, 2.05) is 18.2 Å². The first-order valence-corrected chi connectivity index (χ1v) is 6.31. The van der Waals surface area contributed by atoms with Crippen LogP contribution < -0.4 is 10.6 Å². The molecule has 0 bridgehead atoms. The molecule has 16 heavy (non-hydrogen) atoms. The highest BCUT2D eigenvalue weighted by atomic mass is 79.9. The Balaban J connectivity index is 2.38. The third-order valence-corrected chi connectivity index (χ3v) is 3.59. The van der Waals surface area contributed by atoms with E-state index in [4.69, 9.17) is 5.73 Å². The van der Waals surface area contributed by atoms with Crippen LogP contribution >= 0.6 is 15.9 Å². The topological polar surface area (TPSA) is 46.3 Å². The number of hydrogen-bond acceptors (Lipinski definition) is 2. The van der Waals surface area contributed by atoms with Crippen molar-refractivity contribution in [3.63, 3.8) is 0 Å². The molecule has 3 nitrogen and oxygen atoms in total. The second-order valence-electron chi connectivity index (χ2n) is 3.99. The number of carbonyl (C=O) groups is 1. The molecule has 1 aromatic rings. The van der Waals surface area contributed by atoms with Gasteiger partial charge in [0.05, 0.1) is 5.69 Å². The van der Waals surface area contributed by atoms with Gasteiger partial charge < -0.3 is 10.6 Å². The molecule has 86 valence electrons. The summed E-state index contributed by atoms with van der Waals surface area (Å²) >= 11 is 3.45. The SMILES string of the molecule is CCCCN1C(=O)C(N)c2c(Br)cccc21. The van der Waals surface area contributed by atoms with Gasteiger partial charge in [0.25, 0.3) is 0 Å². The minimum Gasteiger partial charge on any atom is -0.316 e. The highest BCUT2D eigenvalue weighted by Crippen LogP contribution is 2.39. The van der Waals surface area contributed by atoms with Crippen molar-refractivity contribution >= 4 is 27.5 Å². The first-order chi connectivity index (χ1) is 7.66. The van der Waals surface area contributed by atoms with Gasteiger partial charge >= 0.3 is 0 Å². The number of fused-ring (bicyclic) bond motifs is 1. The van der Waals surface area contributed by atoms with Crippen LogP contribution in [0.15, 0.2) is 22.7 Å². The molecule has 0 fully saturated rings. The fraction of sp³-hybridized carbons (Fsp3) is 0.417. The predicted octanol–water partition coefficient (Wildman–Crippen LogP) is 2.60. The molecule has 1 aliphatic heterocycles. The van der Waals surface area contributed by atoms with Crippen LogP contribution in [0.4, 0.5) is 5.69 Å². The lowest BCUT2D eigenvalue weighted by Gasteiger charge is -2.16.